The van der Waals surface area contributed by atoms with Crippen LogP contribution in [0, 0.1) is 6.92 Å². The molecule has 74 valence electrons. The molecule has 0 atom stereocenters. The van der Waals surface area contributed by atoms with Crippen molar-refractivity contribution in [3.63, 3.8) is 0 Å². The number of hydrogen-bond acceptors (Lipinski definition) is 3. The summed E-state index contributed by atoms with van der Waals surface area (Å²) in [6.07, 6.45) is 0.726. The Morgan fingerprint density at radius 1 is 1.43 bits per heavy atom. The molecule has 0 aliphatic heterocycles. The molecule has 0 radical (unpaired) electrons. The maximum atomic E-state index is 11.2. The van der Waals surface area contributed by atoms with Gasteiger partial charge in [0.25, 0.3) is 0 Å². The van der Waals surface area contributed by atoms with Crippen LogP contribution < -0.4 is 4.74 Å². The first-order chi connectivity index (χ1) is 6.60. The molecule has 0 saturated heterocycles. The van der Waals surface area contributed by atoms with Crippen LogP contribution in [0.25, 0.3) is 0 Å². The summed E-state index contributed by atoms with van der Waals surface area (Å²) in [5.41, 5.74) is 1.73. The molecular formula is C11H12O3. The Morgan fingerprint density at radius 2 is 2.07 bits per heavy atom. The largest absolute Gasteiger partial charge is 0.497 e. The lowest BCUT2D eigenvalue weighted by molar-refractivity contribution is 0.101. The first kappa shape index (κ1) is 10.4. The fraction of sp³-hybridized carbons (Fsp3) is 0.273. The molecule has 0 bridgehead atoms. The predicted octanol–water partition coefficient (Wildman–Crippen LogP) is 2.02. The Labute approximate surface area is 82.7 Å². The average molecular weight is 192 g/mol. The number of Topliss-reactive ketones (excluding diaryl/α,β-unsaturated/α-hetero) is 1. The number of benzene rings is 1. The van der Waals surface area contributed by atoms with Crippen LogP contribution in [0.4, 0.5) is 0 Å². The van der Waals surface area contributed by atoms with Crippen molar-refractivity contribution in [3.05, 3.63) is 28.8 Å². The number of carbonyl (C=O) groups excluding carboxylic acids is 2. The van der Waals surface area contributed by atoms with Crippen molar-refractivity contribution < 1.29 is 14.3 Å². The van der Waals surface area contributed by atoms with Crippen molar-refractivity contribution in [1.82, 2.24) is 0 Å². The summed E-state index contributed by atoms with van der Waals surface area (Å²) >= 11 is 0. The highest BCUT2D eigenvalue weighted by atomic mass is 16.5. The van der Waals surface area contributed by atoms with Gasteiger partial charge in [0.15, 0.2) is 5.78 Å². The van der Waals surface area contributed by atoms with Crippen molar-refractivity contribution >= 4 is 12.1 Å². The van der Waals surface area contributed by atoms with E-state index in [0.717, 1.165) is 6.29 Å². The van der Waals surface area contributed by atoms with Gasteiger partial charge in [-0.05, 0) is 31.5 Å². The molecule has 3 nitrogen and oxygen atoms in total. The summed E-state index contributed by atoms with van der Waals surface area (Å²) in [6.45, 7) is 3.22. The molecule has 1 rings (SSSR count). The van der Waals surface area contributed by atoms with E-state index in [0.29, 0.717) is 22.4 Å². The Balaban J connectivity index is 3.41. The molecule has 0 aliphatic rings. The Morgan fingerprint density at radius 3 is 2.50 bits per heavy atom. The minimum atomic E-state index is -0.0653. The first-order valence-electron chi connectivity index (χ1n) is 4.25. The van der Waals surface area contributed by atoms with E-state index >= 15 is 0 Å². The number of ketones is 1. The Hall–Kier alpha value is -1.64. The van der Waals surface area contributed by atoms with Crippen molar-refractivity contribution in [3.8, 4) is 5.75 Å². The summed E-state index contributed by atoms with van der Waals surface area (Å²) in [7, 11) is 1.50. The second-order valence-electron chi connectivity index (χ2n) is 3.06. The van der Waals surface area contributed by atoms with Crippen LogP contribution >= 0.6 is 0 Å². The monoisotopic (exact) mass is 192 g/mol. The van der Waals surface area contributed by atoms with E-state index in [2.05, 4.69) is 0 Å². The number of carbonyl (C=O) groups is 2. The maximum absolute atomic E-state index is 11.2. The molecule has 3 heteroatoms. The number of methoxy groups -OCH3 is 1. The first-order valence-corrected chi connectivity index (χ1v) is 4.25. The molecule has 1 aromatic rings. The van der Waals surface area contributed by atoms with Gasteiger partial charge < -0.3 is 4.74 Å². The van der Waals surface area contributed by atoms with E-state index in [4.69, 9.17) is 4.74 Å². The molecule has 0 fully saturated rings. The molecule has 0 unspecified atom stereocenters. The zero-order valence-corrected chi connectivity index (χ0v) is 8.46. The van der Waals surface area contributed by atoms with Crippen molar-refractivity contribution in [2.75, 3.05) is 7.11 Å². The second kappa shape index (κ2) is 4.05. The van der Waals surface area contributed by atoms with Gasteiger partial charge in [0.2, 0.25) is 0 Å². The lowest BCUT2D eigenvalue weighted by Gasteiger charge is -2.07. The summed E-state index contributed by atoms with van der Waals surface area (Å²) in [5, 5.41) is 0. The molecule has 0 saturated carbocycles. The molecule has 0 N–H and O–H groups in total. The normalized spacial score (nSPS) is 9.64. The molecular weight excluding hydrogens is 180 g/mol. The van der Waals surface area contributed by atoms with Gasteiger partial charge in [-0.3, -0.25) is 9.59 Å². The number of rotatable bonds is 3. The molecule has 0 spiro atoms. The van der Waals surface area contributed by atoms with Gasteiger partial charge in [-0.25, -0.2) is 0 Å². The Bertz CT molecular complexity index is 380. The van der Waals surface area contributed by atoms with E-state index in [1.54, 1.807) is 19.1 Å². The number of ether oxygens (including phenoxy) is 1. The molecule has 14 heavy (non-hydrogen) atoms. The molecule has 0 heterocycles. The minimum absolute atomic E-state index is 0.0653. The lowest BCUT2D eigenvalue weighted by Crippen LogP contribution is -2.01. The van der Waals surface area contributed by atoms with E-state index < -0.39 is 0 Å². The molecule has 0 amide bonds. The fourth-order valence-electron chi connectivity index (χ4n) is 1.32. The minimum Gasteiger partial charge on any atom is -0.497 e. The van der Waals surface area contributed by atoms with E-state index in [1.165, 1.54) is 14.0 Å². The van der Waals surface area contributed by atoms with Crippen LogP contribution in [0.15, 0.2) is 12.1 Å². The van der Waals surface area contributed by atoms with Gasteiger partial charge in [0, 0.05) is 11.1 Å². The third kappa shape index (κ3) is 1.82. The Kier molecular flexibility index (Phi) is 3.02. The third-order valence-electron chi connectivity index (χ3n) is 2.16. The van der Waals surface area contributed by atoms with Crippen LogP contribution in [-0.4, -0.2) is 19.2 Å². The van der Waals surface area contributed by atoms with Gasteiger partial charge >= 0.3 is 0 Å². The summed E-state index contributed by atoms with van der Waals surface area (Å²) < 4.78 is 4.99. The van der Waals surface area contributed by atoms with Crippen LogP contribution in [-0.2, 0) is 0 Å². The van der Waals surface area contributed by atoms with Crippen molar-refractivity contribution in [2.45, 2.75) is 13.8 Å². The highest BCUT2D eigenvalue weighted by Gasteiger charge is 2.10. The van der Waals surface area contributed by atoms with Crippen molar-refractivity contribution in [1.29, 1.82) is 0 Å². The second-order valence-corrected chi connectivity index (χ2v) is 3.06. The van der Waals surface area contributed by atoms with Gasteiger partial charge in [0.05, 0.1) is 7.11 Å². The number of aldehydes is 1. The van der Waals surface area contributed by atoms with Crippen molar-refractivity contribution in [2.24, 2.45) is 0 Å². The maximum Gasteiger partial charge on any atom is 0.160 e. The fourth-order valence-corrected chi connectivity index (χ4v) is 1.32. The van der Waals surface area contributed by atoms with Gasteiger partial charge in [-0.2, -0.15) is 0 Å². The zero-order valence-electron chi connectivity index (χ0n) is 8.46. The highest BCUT2D eigenvalue weighted by Crippen LogP contribution is 2.21. The lowest BCUT2D eigenvalue weighted by atomic mass is 10.00. The smallest absolute Gasteiger partial charge is 0.160 e. The summed E-state index contributed by atoms with van der Waals surface area (Å²) in [6, 6.07) is 3.26. The van der Waals surface area contributed by atoms with Gasteiger partial charge in [-0.1, -0.05) is 0 Å². The molecule has 0 aromatic heterocycles. The van der Waals surface area contributed by atoms with Gasteiger partial charge in [-0.15, -0.1) is 0 Å². The average Bonchev–Trinajstić information content (AvgIpc) is 2.17. The third-order valence-corrected chi connectivity index (χ3v) is 2.16. The SMILES string of the molecule is COc1cc(C=O)c(C)c(C(C)=O)c1. The zero-order chi connectivity index (χ0) is 10.7. The topological polar surface area (TPSA) is 43.4 Å². The summed E-state index contributed by atoms with van der Waals surface area (Å²) in [5.74, 6) is 0.465. The number of hydrogen-bond donors (Lipinski definition) is 0. The van der Waals surface area contributed by atoms with E-state index in [9.17, 15) is 9.59 Å². The van der Waals surface area contributed by atoms with Crippen LogP contribution in [0.3, 0.4) is 0 Å². The van der Waals surface area contributed by atoms with Gasteiger partial charge in [0.1, 0.15) is 12.0 Å². The standard InChI is InChI=1S/C11H12O3/c1-7-9(6-12)4-10(14-3)5-11(7)8(2)13/h4-6H,1-3H3. The van der Waals surface area contributed by atoms with Crippen LogP contribution in [0.5, 0.6) is 5.75 Å². The highest BCUT2D eigenvalue weighted by molar-refractivity contribution is 5.98. The van der Waals surface area contributed by atoms with E-state index in [-0.39, 0.29) is 5.78 Å². The van der Waals surface area contributed by atoms with Crippen LogP contribution in [0.2, 0.25) is 0 Å². The quantitative estimate of drug-likeness (QED) is 0.543. The van der Waals surface area contributed by atoms with E-state index in [1.807, 2.05) is 0 Å². The summed E-state index contributed by atoms with van der Waals surface area (Å²) in [4.78, 5) is 21.9. The molecule has 0 aliphatic carbocycles. The molecule has 1 aromatic carbocycles. The van der Waals surface area contributed by atoms with Crippen LogP contribution in [0.1, 0.15) is 33.2 Å². The predicted molar refractivity (Wildman–Crippen MR) is 53.1 cm³/mol.